The van der Waals surface area contributed by atoms with Gasteiger partial charge in [0.1, 0.15) is 23.1 Å². The van der Waals surface area contributed by atoms with Crippen molar-refractivity contribution in [3.8, 4) is 0 Å². The van der Waals surface area contributed by atoms with Crippen molar-refractivity contribution in [2.45, 2.75) is 19.3 Å². The smallest absolute Gasteiger partial charge is 0.306 e. The van der Waals surface area contributed by atoms with Crippen molar-refractivity contribution in [2.75, 3.05) is 36.7 Å². The molecule has 1 N–H and O–H groups in total. The van der Waals surface area contributed by atoms with Gasteiger partial charge < -0.3 is 14.6 Å². The van der Waals surface area contributed by atoms with E-state index in [2.05, 4.69) is 4.74 Å². The summed E-state index contributed by atoms with van der Waals surface area (Å²) < 4.78 is 31.2. The number of ether oxygens (including phenoxy) is 2. The van der Waals surface area contributed by atoms with E-state index in [1.54, 1.807) is 0 Å². The lowest BCUT2D eigenvalue weighted by atomic mass is 10.3. The number of rotatable bonds is 12. The lowest BCUT2D eigenvalue weighted by Gasteiger charge is -2.06. The van der Waals surface area contributed by atoms with Crippen LogP contribution in [0.2, 0.25) is 0 Å². The van der Waals surface area contributed by atoms with E-state index in [1.807, 2.05) is 0 Å². The quantitative estimate of drug-likeness (QED) is 0.383. The fourth-order valence-corrected chi connectivity index (χ4v) is 3.33. The number of hydrogen-bond donors (Lipinski definition) is 1. The maximum Gasteiger partial charge on any atom is 0.306 e. The second-order valence-electron chi connectivity index (χ2n) is 4.33. The number of carbonyl (C=O) groups excluding carboxylic acids is 2. The summed E-state index contributed by atoms with van der Waals surface area (Å²) in [7, 11) is -2.98. The van der Waals surface area contributed by atoms with Crippen molar-refractivity contribution in [3.05, 3.63) is 0 Å². The van der Waals surface area contributed by atoms with E-state index in [0.29, 0.717) is 11.5 Å². The Balaban J connectivity index is 3.50. The molecule has 0 atom stereocenters. The minimum absolute atomic E-state index is 0.0685. The summed E-state index contributed by atoms with van der Waals surface area (Å²) in [6.45, 7) is -0.211. The van der Waals surface area contributed by atoms with Crippen molar-refractivity contribution in [1.29, 1.82) is 0 Å². The van der Waals surface area contributed by atoms with Crippen LogP contribution in [-0.2, 0) is 33.7 Å². The molecule has 0 heterocycles. The van der Waals surface area contributed by atoms with Crippen molar-refractivity contribution in [3.63, 3.8) is 0 Å². The molecule has 0 radical (unpaired) electrons. The van der Waals surface area contributed by atoms with E-state index >= 15 is 0 Å². The minimum Gasteiger partial charge on any atom is -0.481 e. The van der Waals surface area contributed by atoms with Crippen molar-refractivity contribution in [2.24, 2.45) is 0 Å². The molecule has 0 unspecified atom stereocenters. The maximum absolute atomic E-state index is 11.3. The first kappa shape index (κ1) is 20.7. The number of aliphatic carboxylic acids is 1. The highest BCUT2D eigenvalue weighted by atomic mass is 32.2. The summed E-state index contributed by atoms with van der Waals surface area (Å²) in [5.41, 5.74) is 0. The molecule has 0 saturated carbocycles. The number of hydrogen-bond acceptors (Lipinski definition) is 8. The first-order chi connectivity index (χ1) is 10.2. The molecule has 0 aromatic carbocycles. The van der Waals surface area contributed by atoms with Crippen molar-refractivity contribution in [1.82, 2.24) is 0 Å². The predicted octanol–water partition coefficient (Wildman–Crippen LogP) is 0.106. The second kappa shape index (κ2) is 11.3. The molecule has 0 rings (SSSR count). The molecular formula is C12H20O8S2. The molecule has 0 saturated heterocycles. The lowest BCUT2D eigenvalue weighted by Crippen LogP contribution is -2.15. The Hall–Kier alpha value is -1.29. The molecule has 0 aromatic rings. The molecule has 22 heavy (non-hydrogen) atoms. The molecule has 0 aliphatic heterocycles. The standard InChI is InChI=1S/C12H20O8S2/c1-22(17,18)9-8-21-7-4-12(16)20-6-5-19-11(15)3-2-10(13)14/h2-9H2,1H3,(H,13,14). The Morgan fingerprint density at radius 3 is 2.00 bits per heavy atom. The molecule has 8 nitrogen and oxygen atoms in total. The molecule has 0 aliphatic rings. The summed E-state index contributed by atoms with van der Waals surface area (Å²) in [6.07, 6.45) is 0.768. The monoisotopic (exact) mass is 356 g/mol. The van der Waals surface area contributed by atoms with Crippen LogP contribution in [0.4, 0.5) is 0 Å². The predicted molar refractivity (Wildman–Crippen MR) is 80.4 cm³/mol. The van der Waals surface area contributed by atoms with Gasteiger partial charge in [-0.2, -0.15) is 11.8 Å². The van der Waals surface area contributed by atoms with E-state index < -0.39 is 27.7 Å². The first-order valence-electron chi connectivity index (χ1n) is 6.49. The van der Waals surface area contributed by atoms with Crippen LogP contribution in [0.5, 0.6) is 0 Å². The highest BCUT2D eigenvalue weighted by Gasteiger charge is 2.08. The average molecular weight is 356 g/mol. The highest BCUT2D eigenvalue weighted by molar-refractivity contribution is 8.00. The molecule has 0 bridgehead atoms. The zero-order chi connectivity index (χ0) is 17.0. The van der Waals surface area contributed by atoms with Crippen LogP contribution in [0, 0.1) is 0 Å². The Morgan fingerprint density at radius 1 is 0.955 bits per heavy atom. The van der Waals surface area contributed by atoms with Crippen LogP contribution in [0.15, 0.2) is 0 Å². The van der Waals surface area contributed by atoms with E-state index in [0.717, 1.165) is 6.26 Å². The van der Waals surface area contributed by atoms with Crippen LogP contribution in [0.3, 0.4) is 0 Å². The van der Waals surface area contributed by atoms with Crippen LogP contribution in [-0.4, -0.2) is 68.2 Å². The van der Waals surface area contributed by atoms with Crippen LogP contribution in [0.1, 0.15) is 19.3 Å². The number of carboxylic acids is 1. The van der Waals surface area contributed by atoms with Gasteiger partial charge in [-0.1, -0.05) is 0 Å². The number of carboxylic acid groups (broad SMARTS) is 1. The van der Waals surface area contributed by atoms with E-state index in [4.69, 9.17) is 9.84 Å². The van der Waals surface area contributed by atoms with Gasteiger partial charge in [0.2, 0.25) is 0 Å². The SMILES string of the molecule is CS(=O)(=O)CCSCCC(=O)OCCOC(=O)CCC(=O)O. The molecular weight excluding hydrogens is 336 g/mol. The summed E-state index contributed by atoms with van der Waals surface area (Å²) in [4.78, 5) is 32.5. The fraction of sp³-hybridized carbons (Fsp3) is 0.750. The van der Waals surface area contributed by atoms with Gasteiger partial charge in [0.05, 0.1) is 25.0 Å². The van der Waals surface area contributed by atoms with Gasteiger partial charge in [-0.05, 0) is 0 Å². The number of thioether (sulfide) groups is 1. The Bertz CT molecular complexity index is 472. The van der Waals surface area contributed by atoms with Gasteiger partial charge in [-0.25, -0.2) is 8.42 Å². The van der Waals surface area contributed by atoms with E-state index in [-0.39, 0.29) is 38.2 Å². The molecule has 0 amide bonds. The van der Waals surface area contributed by atoms with E-state index in [1.165, 1.54) is 11.8 Å². The molecule has 0 aliphatic carbocycles. The normalized spacial score (nSPS) is 11.0. The highest BCUT2D eigenvalue weighted by Crippen LogP contribution is 2.04. The topological polar surface area (TPSA) is 124 Å². The van der Waals surface area contributed by atoms with Crippen molar-refractivity contribution < 1.29 is 37.4 Å². The summed E-state index contributed by atoms with van der Waals surface area (Å²) >= 11 is 1.34. The largest absolute Gasteiger partial charge is 0.481 e. The van der Waals surface area contributed by atoms with Crippen LogP contribution >= 0.6 is 11.8 Å². The minimum atomic E-state index is -2.98. The fourth-order valence-electron chi connectivity index (χ4n) is 1.13. The van der Waals surface area contributed by atoms with Crippen LogP contribution < -0.4 is 0 Å². The van der Waals surface area contributed by atoms with Gasteiger partial charge >= 0.3 is 17.9 Å². The third kappa shape index (κ3) is 15.1. The van der Waals surface area contributed by atoms with Gasteiger partial charge in [0.15, 0.2) is 0 Å². The summed E-state index contributed by atoms with van der Waals surface area (Å²) in [5.74, 6) is -1.26. The Labute approximate surface area is 133 Å². The number of esters is 2. The third-order valence-corrected chi connectivity index (χ3v) is 4.39. The second-order valence-corrected chi connectivity index (χ2v) is 7.81. The third-order valence-electron chi connectivity index (χ3n) is 2.20. The number of sulfone groups is 1. The van der Waals surface area contributed by atoms with E-state index in [9.17, 15) is 22.8 Å². The van der Waals surface area contributed by atoms with Crippen molar-refractivity contribution >= 4 is 39.5 Å². The Morgan fingerprint density at radius 2 is 1.50 bits per heavy atom. The van der Waals surface area contributed by atoms with Gasteiger partial charge in [-0.3, -0.25) is 14.4 Å². The summed E-state index contributed by atoms with van der Waals surface area (Å²) in [5, 5.41) is 8.36. The lowest BCUT2D eigenvalue weighted by molar-refractivity contribution is -0.153. The molecule has 10 heteroatoms. The molecule has 0 fully saturated rings. The zero-order valence-corrected chi connectivity index (χ0v) is 13.9. The number of carbonyl (C=O) groups is 3. The van der Waals surface area contributed by atoms with Gasteiger partial charge in [0.25, 0.3) is 0 Å². The molecule has 0 aromatic heterocycles. The average Bonchev–Trinajstić information content (AvgIpc) is 2.39. The molecule has 128 valence electrons. The maximum atomic E-state index is 11.3. The Kier molecular flexibility index (Phi) is 10.6. The zero-order valence-electron chi connectivity index (χ0n) is 12.3. The van der Waals surface area contributed by atoms with Gasteiger partial charge in [0, 0.05) is 17.8 Å². The van der Waals surface area contributed by atoms with Crippen LogP contribution in [0.25, 0.3) is 0 Å². The first-order valence-corrected chi connectivity index (χ1v) is 9.71. The molecule has 0 spiro atoms. The van der Waals surface area contributed by atoms with Gasteiger partial charge in [-0.15, -0.1) is 0 Å². The summed E-state index contributed by atoms with van der Waals surface area (Å²) in [6, 6.07) is 0.